The summed E-state index contributed by atoms with van der Waals surface area (Å²) in [7, 11) is 0. The summed E-state index contributed by atoms with van der Waals surface area (Å²) in [6.07, 6.45) is 3.78. The van der Waals surface area contributed by atoms with E-state index >= 15 is 0 Å². The molecule has 4 rings (SSSR count). The second-order valence-electron chi connectivity index (χ2n) is 6.75. The third-order valence-electron chi connectivity index (χ3n) is 5.10. The maximum Gasteiger partial charge on any atom is 0.255 e. The zero-order valence-corrected chi connectivity index (χ0v) is 14.4. The average Bonchev–Trinajstić information content (AvgIpc) is 3.16. The summed E-state index contributed by atoms with van der Waals surface area (Å²) < 4.78 is 0. The number of amides is 1. The van der Waals surface area contributed by atoms with Crippen LogP contribution in [0.25, 0.3) is 10.9 Å². The third kappa shape index (κ3) is 3.04. The van der Waals surface area contributed by atoms with Crippen molar-refractivity contribution in [2.45, 2.75) is 12.8 Å². The predicted molar refractivity (Wildman–Crippen MR) is 101 cm³/mol. The molecule has 128 valence electrons. The zero-order chi connectivity index (χ0) is 17.9. The Hall–Kier alpha value is -3.19. The molecule has 0 bridgehead atoms. The van der Waals surface area contributed by atoms with E-state index in [1.807, 2.05) is 35.4 Å². The SMILES string of the molecule is N#Cc1ccccc1C(=O)N1CCC(Cc2ccnc3ccccc23)C1. The van der Waals surface area contributed by atoms with Crippen molar-refractivity contribution in [2.75, 3.05) is 13.1 Å². The first-order valence-corrected chi connectivity index (χ1v) is 8.87. The minimum absolute atomic E-state index is 0.0377. The highest BCUT2D eigenvalue weighted by Gasteiger charge is 2.28. The van der Waals surface area contributed by atoms with E-state index in [9.17, 15) is 10.1 Å². The number of hydrogen-bond acceptors (Lipinski definition) is 3. The molecule has 4 heteroatoms. The Morgan fingerprint density at radius 1 is 1.15 bits per heavy atom. The zero-order valence-electron chi connectivity index (χ0n) is 14.4. The summed E-state index contributed by atoms with van der Waals surface area (Å²) in [5.41, 5.74) is 3.25. The largest absolute Gasteiger partial charge is 0.338 e. The molecule has 1 atom stereocenters. The van der Waals surface area contributed by atoms with Crippen molar-refractivity contribution < 1.29 is 4.79 Å². The van der Waals surface area contributed by atoms with E-state index in [0.717, 1.165) is 31.4 Å². The molecule has 1 fully saturated rings. The third-order valence-corrected chi connectivity index (χ3v) is 5.10. The minimum Gasteiger partial charge on any atom is -0.338 e. The molecule has 1 aliphatic heterocycles. The molecule has 0 saturated carbocycles. The van der Waals surface area contributed by atoms with Crippen LogP contribution in [0.2, 0.25) is 0 Å². The molecule has 0 spiro atoms. The lowest BCUT2D eigenvalue weighted by atomic mass is 9.96. The Morgan fingerprint density at radius 3 is 2.85 bits per heavy atom. The number of carbonyl (C=O) groups excluding carboxylic acids is 1. The smallest absolute Gasteiger partial charge is 0.255 e. The van der Waals surface area contributed by atoms with Crippen LogP contribution in [0.15, 0.2) is 60.8 Å². The molecular weight excluding hydrogens is 322 g/mol. The van der Waals surface area contributed by atoms with Gasteiger partial charge in [0, 0.05) is 24.7 Å². The maximum absolute atomic E-state index is 12.8. The van der Waals surface area contributed by atoms with Gasteiger partial charge in [0.2, 0.25) is 0 Å². The Kier molecular flexibility index (Phi) is 4.37. The number of para-hydroxylation sites is 1. The molecule has 1 amide bonds. The normalized spacial score (nSPS) is 16.6. The first-order valence-electron chi connectivity index (χ1n) is 8.87. The van der Waals surface area contributed by atoms with E-state index < -0.39 is 0 Å². The summed E-state index contributed by atoms with van der Waals surface area (Å²) in [6, 6.07) is 19.4. The van der Waals surface area contributed by atoms with Crippen LogP contribution in [0.5, 0.6) is 0 Å². The molecule has 2 aromatic carbocycles. The summed E-state index contributed by atoms with van der Waals surface area (Å²) in [6.45, 7) is 1.47. The molecule has 1 saturated heterocycles. The molecule has 3 aromatic rings. The first-order chi connectivity index (χ1) is 12.8. The average molecular weight is 341 g/mol. The number of aromatic nitrogens is 1. The number of rotatable bonds is 3. The highest BCUT2D eigenvalue weighted by Crippen LogP contribution is 2.26. The van der Waals surface area contributed by atoms with Crippen molar-refractivity contribution >= 4 is 16.8 Å². The van der Waals surface area contributed by atoms with E-state index in [4.69, 9.17) is 0 Å². The van der Waals surface area contributed by atoms with Crippen LogP contribution < -0.4 is 0 Å². The van der Waals surface area contributed by atoms with Gasteiger partial charge in [0.1, 0.15) is 0 Å². The fraction of sp³-hybridized carbons (Fsp3) is 0.227. The van der Waals surface area contributed by atoms with Crippen molar-refractivity contribution in [1.29, 1.82) is 5.26 Å². The summed E-state index contributed by atoms with van der Waals surface area (Å²) in [5, 5.41) is 10.4. The lowest BCUT2D eigenvalue weighted by molar-refractivity contribution is 0.0787. The Morgan fingerprint density at radius 2 is 1.96 bits per heavy atom. The second-order valence-corrected chi connectivity index (χ2v) is 6.75. The molecule has 1 aliphatic rings. The van der Waals surface area contributed by atoms with E-state index in [1.165, 1.54) is 10.9 Å². The maximum atomic E-state index is 12.8. The van der Waals surface area contributed by atoms with Gasteiger partial charge in [-0.2, -0.15) is 5.26 Å². The van der Waals surface area contributed by atoms with Crippen LogP contribution in [0.1, 0.15) is 27.9 Å². The van der Waals surface area contributed by atoms with E-state index in [1.54, 1.807) is 18.2 Å². The standard InChI is InChI=1S/C22H19N3O/c23-14-18-5-1-2-7-20(18)22(26)25-12-10-16(15-25)13-17-9-11-24-21-8-4-3-6-19(17)21/h1-9,11,16H,10,12-13,15H2. The molecule has 0 aliphatic carbocycles. The summed E-state index contributed by atoms with van der Waals surface area (Å²) in [5.74, 6) is 0.392. The van der Waals surface area contributed by atoms with Crippen molar-refractivity contribution in [3.63, 3.8) is 0 Å². The van der Waals surface area contributed by atoms with Gasteiger partial charge in [-0.05, 0) is 48.6 Å². The highest BCUT2D eigenvalue weighted by atomic mass is 16.2. The molecule has 1 unspecified atom stereocenters. The summed E-state index contributed by atoms with van der Waals surface area (Å²) in [4.78, 5) is 19.1. The fourth-order valence-electron chi connectivity index (χ4n) is 3.77. The van der Waals surface area contributed by atoms with Gasteiger partial charge in [0.05, 0.1) is 22.7 Å². The van der Waals surface area contributed by atoms with Gasteiger partial charge in [-0.15, -0.1) is 0 Å². The number of pyridine rings is 1. The number of nitrogens with zero attached hydrogens (tertiary/aromatic N) is 3. The van der Waals surface area contributed by atoms with Crippen LogP contribution >= 0.6 is 0 Å². The molecule has 2 heterocycles. The molecule has 1 aromatic heterocycles. The number of likely N-dealkylation sites (tertiary alicyclic amines) is 1. The van der Waals surface area contributed by atoms with Crippen LogP contribution in [-0.2, 0) is 6.42 Å². The van der Waals surface area contributed by atoms with Gasteiger partial charge in [-0.3, -0.25) is 9.78 Å². The van der Waals surface area contributed by atoms with Crippen molar-refractivity contribution in [3.05, 3.63) is 77.5 Å². The predicted octanol–water partition coefficient (Wildman–Crippen LogP) is 3.81. The van der Waals surface area contributed by atoms with E-state index in [-0.39, 0.29) is 5.91 Å². The molecule has 0 radical (unpaired) electrons. The van der Waals surface area contributed by atoms with Gasteiger partial charge >= 0.3 is 0 Å². The molecular formula is C22H19N3O. The van der Waals surface area contributed by atoms with Gasteiger partial charge in [-0.25, -0.2) is 0 Å². The number of hydrogen-bond donors (Lipinski definition) is 0. The Labute approximate surface area is 152 Å². The number of benzene rings is 2. The van der Waals surface area contributed by atoms with Crippen molar-refractivity contribution in [3.8, 4) is 6.07 Å². The van der Waals surface area contributed by atoms with Gasteiger partial charge in [-0.1, -0.05) is 30.3 Å². The van der Waals surface area contributed by atoms with Crippen LogP contribution in [0.4, 0.5) is 0 Å². The molecule has 0 N–H and O–H groups in total. The Balaban J connectivity index is 1.50. The first kappa shape index (κ1) is 16.3. The number of fused-ring (bicyclic) bond motifs is 1. The van der Waals surface area contributed by atoms with Gasteiger partial charge in [0.25, 0.3) is 5.91 Å². The topological polar surface area (TPSA) is 57.0 Å². The minimum atomic E-state index is -0.0377. The lowest BCUT2D eigenvalue weighted by Gasteiger charge is -2.17. The number of nitriles is 1. The fourth-order valence-corrected chi connectivity index (χ4v) is 3.77. The van der Waals surface area contributed by atoms with Gasteiger partial charge < -0.3 is 4.90 Å². The second kappa shape index (κ2) is 6.97. The van der Waals surface area contributed by atoms with Crippen LogP contribution in [0.3, 0.4) is 0 Å². The van der Waals surface area contributed by atoms with Crippen LogP contribution in [0, 0.1) is 17.2 Å². The summed E-state index contributed by atoms with van der Waals surface area (Å²) >= 11 is 0. The van der Waals surface area contributed by atoms with Gasteiger partial charge in [0.15, 0.2) is 0 Å². The monoisotopic (exact) mass is 341 g/mol. The van der Waals surface area contributed by atoms with E-state index in [0.29, 0.717) is 17.0 Å². The van der Waals surface area contributed by atoms with E-state index in [2.05, 4.69) is 23.2 Å². The van der Waals surface area contributed by atoms with Crippen LogP contribution in [-0.4, -0.2) is 28.9 Å². The molecule has 26 heavy (non-hydrogen) atoms. The molecule has 4 nitrogen and oxygen atoms in total. The van der Waals surface area contributed by atoms with Crippen molar-refractivity contribution in [1.82, 2.24) is 9.88 Å². The lowest BCUT2D eigenvalue weighted by Crippen LogP contribution is -2.29. The Bertz CT molecular complexity index is 1000. The highest BCUT2D eigenvalue weighted by molar-refractivity contribution is 5.96. The quantitative estimate of drug-likeness (QED) is 0.728. The number of carbonyl (C=O) groups is 1. The van der Waals surface area contributed by atoms with Crippen molar-refractivity contribution in [2.24, 2.45) is 5.92 Å².